The van der Waals surface area contributed by atoms with Crippen LogP contribution < -0.4 is 16.4 Å². The Morgan fingerprint density at radius 2 is 1.84 bits per heavy atom. The van der Waals surface area contributed by atoms with Crippen LogP contribution in [0, 0.1) is 11.6 Å². The fourth-order valence-corrected chi connectivity index (χ4v) is 1.49. The van der Waals surface area contributed by atoms with Gasteiger partial charge in [0.05, 0.1) is 5.69 Å². The molecule has 2 aromatic carbocycles. The standard InChI is InChI=1S/C13H11F2N3O/c14-8-4-5-11(15)12(6-8)18-13(19)17-10-3-1-2-9(16)7-10/h1-7H,16H2,(H2,17,18,19). The predicted molar refractivity (Wildman–Crippen MR) is 69.9 cm³/mol. The molecule has 0 aliphatic rings. The highest BCUT2D eigenvalue weighted by molar-refractivity contribution is 6.00. The van der Waals surface area contributed by atoms with E-state index in [0.29, 0.717) is 11.4 Å². The van der Waals surface area contributed by atoms with Crippen molar-refractivity contribution in [2.75, 3.05) is 16.4 Å². The lowest BCUT2D eigenvalue weighted by atomic mass is 10.3. The highest BCUT2D eigenvalue weighted by Crippen LogP contribution is 2.16. The van der Waals surface area contributed by atoms with Gasteiger partial charge >= 0.3 is 6.03 Å². The van der Waals surface area contributed by atoms with Crippen molar-refractivity contribution < 1.29 is 13.6 Å². The van der Waals surface area contributed by atoms with E-state index >= 15 is 0 Å². The minimum atomic E-state index is -0.718. The Morgan fingerprint density at radius 3 is 2.58 bits per heavy atom. The van der Waals surface area contributed by atoms with Gasteiger partial charge in [0.2, 0.25) is 0 Å². The third-order valence-electron chi connectivity index (χ3n) is 2.32. The first-order valence-electron chi connectivity index (χ1n) is 5.43. The Kier molecular flexibility index (Phi) is 3.61. The number of anilines is 3. The first-order valence-corrected chi connectivity index (χ1v) is 5.43. The number of nitrogen functional groups attached to an aromatic ring is 1. The summed E-state index contributed by atoms with van der Waals surface area (Å²) in [5, 5.41) is 4.67. The molecule has 6 heteroatoms. The van der Waals surface area contributed by atoms with Crippen LogP contribution in [0.5, 0.6) is 0 Å². The Morgan fingerprint density at radius 1 is 1.05 bits per heavy atom. The van der Waals surface area contributed by atoms with Crippen molar-refractivity contribution in [3.8, 4) is 0 Å². The molecule has 0 radical (unpaired) electrons. The Bertz CT molecular complexity index is 617. The van der Waals surface area contributed by atoms with E-state index in [2.05, 4.69) is 10.6 Å². The van der Waals surface area contributed by atoms with Crippen molar-refractivity contribution in [1.82, 2.24) is 0 Å². The van der Waals surface area contributed by atoms with E-state index in [1.807, 2.05) is 0 Å². The number of rotatable bonds is 2. The fourth-order valence-electron chi connectivity index (χ4n) is 1.49. The van der Waals surface area contributed by atoms with Crippen molar-refractivity contribution in [3.05, 3.63) is 54.1 Å². The average Bonchev–Trinajstić information content (AvgIpc) is 2.34. The van der Waals surface area contributed by atoms with Crippen LogP contribution in [0.1, 0.15) is 0 Å². The molecule has 0 saturated carbocycles. The quantitative estimate of drug-likeness (QED) is 0.728. The zero-order valence-corrected chi connectivity index (χ0v) is 9.78. The summed E-state index contributed by atoms with van der Waals surface area (Å²) < 4.78 is 26.2. The van der Waals surface area contributed by atoms with Crippen molar-refractivity contribution in [2.24, 2.45) is 0 Å². The van der Waals surface area contributed by atoms with Gasteiger partial charge in [0, 0.05) is 17.4 Å². The number of nitrogens with one attached hydrogen (secondary N) is 2. The molecule has 0 aromatic heterocycles. The lowest BCUT2D eigenvalue weighted by Crippen LogP contribution is -2.20. The van der Waals surface area contributed by atoms with Gasteiger partial charge in [-0.25, -0.2) is 13.6 Å². The second-order valence-electron chi connectivity index (χ2n) is 3.83. The summed E-state index contributed by atoms with van der Waals surface area (Å²) >= 11 is 0. The van der Waals surface area contributed by atoms with Crippen LogP contribution in [0.25, 0.3) is 0 Å². The smallest absolute Gasteiger partial charge is 0.323 e. The van der Waals surface area contributed by atoms with Crippen molar-refractivity contribution in [2.45, 2.75) is 0 Å². The number of benzene rings is 2. The molecule has 0 heterocycles. The summed E-state index contributed by atoms with van der Waals surface area (Å²) in [7, 11) is 0. The monoisotopic (exact) mass is 263 g/mol. The largest absolute Gasteiger partial charge is 0.399 e. The molecule has 0 saturated heterocycles. The van der Waals surface area contributed by atoms with Gasteiger partial charge < -0.3 is 16.4 Å². The number of halogens is 2. The maximum absolute atomic E-state index is 13.3. The first kappa shape index (κ1) is 12.8. The summed E-state index contributed by atoms with van der Waals surface area (Å²) in [6.45, 7) is 0. The number of carbonyl (C=O) groups excluding carboxylic acids is 1. The van der Waals surface area contributed by atoms with Crippen LogP contribution in [0.2, 0.25) is 0 Å². The topological polar surface area (TPSA) is 67.1 Å². The summed E-state index contributed by atoms with van der Waals surface area (Å²) in [6, 6.07) is 8.61. The summed E-state index contributed by atoms with van der Waals surface area (Å²) in [6.07, 6.45) is 0. The van der Waals surface area contributed by atoms with Crippen LogP contribution in [0.4, 0.5) is 30.6 Å². The van der Waals surface area contributed by atoms with Gasteiger partial charge in [-0.15, -0.1) is 0 Å². The molecule has 4 N–H and O–H groups in total. The van der Waals surface area contributed by atoms with E-state index in [-0.39, 0.29) is 5.69 Å². The molecule has 19 heavy (non-hydrogen) atoms. The normalized spacial score (nSPS) is 10.0. The lowest BCUT2D eigenvalue weighted by Gasteiger charge is -2.08. The molecule has 0 atom stereocenters. The number of urea groups is 1. The van der Waals surface area contributed by atoms with Crippen molar-refractivity contribution in [1.29, 1.82) is 0 Å². The highest BCUT2D eigenvalue weighted by Gasteiger charge is 2.08. The molecule has 0 unspecified atom stereocenters. The van der Waals surface area contributed by atoms with Crippen LogP contribution in [0.15, 0.2) is 42.5 Å². The van der Waals surface area contributed by atoms with E-state index < -0.39 is 17.7 Å². The fraction of sp³-hybridized carbons (Fsp3) is 0. The number of hydrogen-bond acceptors (Lipinski definition) is 2. The first-order chi connectivity index (χ1) is 9.04. The van der Waals surface area contributed by atoms with E-state index in [9.17, 15) is 13.6 Å². The Balaban J connectivity index is 2.07. The van der Waals surface area contributed by atoms with E-state index in [4.69, 9.17) is 5.73 Å². The molecule has 0 bridgehead atoms. The van der Waals surface area contributed by atoms with Gasteiger partial charge in [0.1, 0.15) is 11.6 Å². The van der Waals surface area contributed by atoms with E-state index in [1.54, 1.807) is 24.3 Å². The number of amides is 2. The van der Waals surface area contributed by atoms with E-state index in [1.165, 1.54) is 0 Å². The number of carbonyl (C=O) groups is 1. The summed E-state index contributed by atoms with van der Waals surface area (Å²) in [4.78, 5) is 11.6. The van der Waals surface area contributed by atoms with Crippen LogP contribution >= 0.6 is 0 Å². The Labute approximate surface area is 108 Å². The molecule has 2 aromatic rings. The molecule has 0 fully saturated rings. The Hall–Kier alpha value is -2.63. The molecule has 0 aliphatic heterocycles. The molecule has 98 valence electrons. The van der Waals surface area contributed by atoms with Crippen molar-refractivity contribution >= 4 is 23.1 Å². The second kappa shape index (κ2) is 5.34. The second-order valence-corrected chi connectivity index (χ2v) is 3.83. The predicted octanol–water partition coefficient (Wildman–Crippen LogP) is 3.19. The minimum Gasteiger partial charge on any atom is -0.399 e. The van der Waals surface area contributed by atoms with Crippen LogP contribution in [-0.2, 0) is 0 Å². The minimum absolute atomic E-state index is 0.235. The van der Waals surface area contributed by atoms with Crippen molar-refractivity contribution in [3.63, 3.8) is 0 Å². The third kappa shape index (κ3) is 3.41. The molecule has 0 spiro atoms. The van der Waals surface area contributed by atoms with E-state index in [0.717, 1.165) is 18.2 Å². The molecule has 2 amide bonds. The average molecular weight is 263 g/mol. The molecule has 0 aliphatic carbocycles. The zero-order chi connectivity index (χ0) is 13.8. The van der Waals surface area contributed by atoms with Gasteiger partial charge in [-0.05, 0) is 30.3 Å². The summed E-state index contributed by atoms with van der Waals surface area (Å²) in [5.74, 6) is -1.36. The van der Waals surface area contributed by atoms with Gasteiger partial charge in [-0.2, -0.15) is 0 Å². The highest BCUT2D eigenvalue weighted by atomic mass is 19.1. The SMILES string of the molecule is Nc1cccc(NC(=O)Nc2cc(F)ccc2F)c1. The number of nitrogens with two attached hydrogens (primary N) is 1. The summed E-state index contributed by atoms with van der Waals surface area (Å²) in [5.41, 5.74) is 6.25. The molecular weight excluding hydrogens is 252 g/mol. The maximum Gasteiger partial charge on any atom is 0.323 e. The van der Waals surface area contributed by atoms with Gasteiger partial charge in [0.15, 0.2) is 0 Å². The maximum atomic E-state index is 13.3. The van der Waals surface area contributed by atoms with Gasteiger partial charge in [0.25, 0.3) is 0 Å². The third-order valence-corrected chi connectivity index (χ3v) is 2.32. The van der Waals surface area contributed by atoms with Gasteiger partial charge in [-0.1, -0.05) is 6.07 Å². The van der Waals surface area contributed by atoms with Crippen LogP contribution in [-0.4, -0.2) is 6.03 Å². The number of hydrogen-bond donors (Lipinski definition) is 3. The van der Waals surface area contributed by atoms with Crippen LogP contribution in [0.3, 0.4) is 0 Å². The molecule has 2 rings (SSSR count). The molecule has 4 nitrogen and oxygen atoms in total. The zero-order valence-electron chi connectivity index (χ0n) is 9.78. The lowest BCUT2D eigenvalue weighted by molar-refractivity contribution is 0.262. The van der Waals surface area contributed by atoms with Gasteiger partial charge in [-0.3, -0.25) is 0 Å². The molecular formula is C13H11F2N3O.